The molecular weight excluding hydrogens is 316 g/mol. The van der Waals surface area contributed by atoms with Crippen molar-refractivity contribution in [1.82, 2.24) is 5.32 Å². The molecule has 2 amide bonds. The van der Waals surface area contributed by atoms with Crippen LogP contribution < -0.4 is 10.6 Å². The van der Waals surface area contributed by atoms with E-state index in [1.54, 1.807) is 12.1 Å². The Morgan fingerprint density at radius 3 is 2.52 bits per heavy atom. The third-order valence-electron chi connectivity index (χ3n) is 4.08. The summed E-state index contributed by atoms with van der Waals surface area (Å²) in [5.74, 6) is -1.52. The fraction of sp³-hybridized carbons (Fsp3) is 0.300. The summed E-state index contributed by atoms with van der Waals surface area (Å²) >= 11 is 0. The van der Waals surface area contributed by atoms with Gasteiger partial charge in [-0.15, -0.1) is 0 Å². The highest BCUT2D eigenvalue weighted by Gasteiger charge is 2.16. The van der Waals surface area contributed by atoms with Crippen molar-refractivity contribution in [3.05, 3.63) is 64.7 Å². The highest BCUT2D eigenvalue weighted by molar-refractivity contribution is 6.39. The Morgan fingerprint density at radius 1 is 1.08 bits per heavy atom. The lowest BCUT2D eigenvalue weighted by Gasteiger charge is -2.13. The summed E-state index contributed by atoms with van der Waals surface area (Å²) in [6.07, 6.45) is -0.00698. The molecule has 5 nitrogen and oxygen atoms in total. The van der Waals surface area contributed by atoms with Crippen LogP contribution >= 0.6 is 0 Å². The molecule has 25 heavy (non-hydrogen) atoms. The fourth-order valence-electron chi connectivity index (χ4n) is 2.58. The maximum absolute atomic E-state index is 12.0. The van der Waals surface area contributed by atoms with Gasteiger partial charge in [-0.25, -0.2) is 0 Å². The van der Waals surface area contributed by atoms with Crippen LogP contribution in [0.4, 0.5) is 5.69 Å². The summed E-state index contributed by atoms with van der Waals surface area (Å²) in [7, 11) is 0. The molecule has 0 heterocycles. The third kappa shape index (κ3) is 5.16. The van der Waals surface area contributed by atoms with Gasteiger partial charge in [-0.05, 0) is 49.1 Å². The molecule has 132 valence electrons. The summed E-state index contributed by atoms with van der Waals surface area (Å²) in [6, 6.07) is 12.9. The molecule has 0 aliphatic carbocycles. The SMILES string of the molecule is CCc1cc(NC(=O)C(=O)NCC(O)c2cccc(C)c2)ccc1C. The zero-order valence-electron chi connectivity index (χ0n) is 14.8. The Hall–Kier alpha value is -2.66. The minimum absolute atomic E-state index is 0.0240. The summed E-state index contributed by atoms with van der Waals surface area (Å²) in [5, 5.41) is 15.2. The van der Waals surface area contributed by atoms with Gasteiger partial charge in [0, 0.05) is 12.2 Å². The predicted octanol–water partition coefficient (Wildman–Crippen LogP) is 2.65. The molecule has 0 aromatic heterocycles. The number of benzene rings is 2. The lowest BCUT2D eigenvalue weighted by Crippen LogP contribution is -2.37. The van der Waals surface area contributed by atoms with E-state index in [2.05, 4.69) is 10.6 Å². The fourth-order valence-corrected chi connectivity index (χ4v) is 2.58. The zero-order chi connectivity index (χ0) is 18.4. The number of hydrogen-bond donors (Lipinski definition) is 3. The molecule has 0 aliphatic rings. The van der Waals surface area contributed by atoms with Crippen molar-refractivity contribution in [2.24, 2.45) is 0 Å². The largest absolute Gasteiger partial charge is 0.387 e. The summed E-state index contributed by atoms with van der Waals surface area (Å²) in [5.41, 5.74) is 4.57. The van der Waals surface area contributed by atoms with E-state index < -0.39 is 17.9 Å². The lowest BCUT2D eigenvalue weighted by molar-refractivity contribution is -0.136. The topological polar surface area (TPSA) is 78.4 Å². The molecule has 0 aliphatic heterocycles. The van der Waals surface area contributed by atoms with Crippen molar-refractivity contribution in [2.45, 2.75) is 33.3 Å². The molecule has 1 unspecified atom stereocenters. The van der Waals surface area contributed by atoms with E-state index in [4.69, 9.17) is 0 Å². The molecule has 2 aromatic carbocycles. The number of aryl methyl sites for hydroxylation is 3. The lowest BCUT2D eigenvalue weighted by atomic mass is 10.1. The number of hydrogen-bond acceptors (Lipinski definition) is 3. The first-order valence-corrected chi connectivity index (χ1v) is 8.34. The van der Waals surface area contributed by atoms with Gasteiger partial charge in [-0.3, -0.25) is 9.59 Å². The van der Waals surface area contributed by atoms with Gasteiger partial charge >= 0.3 is 11.8 Å². The number of rotatable bonds is 5. The Labute approximate surface area is 148 Å². The number of aliphatic hydroxyl groups excluding tert-OH is 1. The molecule has 0 fully saturated rings. The summed E-state index contributed by atoms with van der Waals surface area (Å²) in [4.78, 5) is 23.9. The Kier molecular flexibility index (Phi) is 6.31. The van der Waals surface area contributed by atoms with Crippen LogP contribution in [0.25, 0.3) is 0 Å². The molecule has 2 rings (SSSR count). The Morgan fingerprint density at radius 2 is 1.84 bits per heavy atom. The number of amides is 2. The first-order valence-electron chi connectivity index (χ1n) is 8.34. The zero-order valence-corrected chi connectivity index (χ0v) is 14.8. The van der Waals surface area contributed by atoms with Gasteiger partial charge in [0.2, 0.25) is 0 Å². The monoisotopic (exact) mass is 340 g/mol. The molecule has 5 heteroatoms. The number of carbonyl (C=O) groups is 2. The number of carbonyl (C=O) groups excluding carboxylic acids is 2. The van der Waals surface area contributed by atoms with Gasteiger partial charge in [0.05, 0.1) is 6.10 Å². The van der Waals surface area contributed by atoms with E-state index in [1.165, 1.54) is 0 Å². The van der Waals surface area contributed by atoms with E-state index in [9.17, 15) is 14.7 Å². The Bertz CT molecular complexity index is 771. The van der Waals surface area contributed by atoms with Crippen LogP contribution in [-0.2, 0) is 16.0 Å². The maximum Gasteiger partial charge on any atom is 0.313 e. The number of aliphatic hydroxyl groups is 1. The van der Waals surface area contributed by atoms with E-state index in [0.29, 0.717) is 11.3 Å². The summed E-state index contributed by atoms with van der Waals surface area (Å²) < 4.78 is 0. The second-order valence-corrected chi connectivity index (χ2v) is 6.09. The molecule has 0 saturated carbocycles. The van der Waals surface area contributed by atoms with Gasteiger partial charge < -0.3 is 15.7 Å². The highest BCUT2D eigenvalue weighted by atomic mass is 16.3. The minimum atomic E-state index is -0.859. The van der Waals surface area contributed by atoms with Crippen molar-refractivity contribution in [2.75, 3.05) is 11.9 Å². The van der Waals surface area contributed by atoms with Gasteiger partial charge in [0.25, 0.3) is 0 Å². The second-order valence-electron chi connectivity index (χ2n) is 6.09. The van der Waals surface area contributed by atoms with Crippen LogP contribution in [0.5, 0.6) is 0 Å². The average molecular weight is 340 g/mol. The van der Waals surface area contributed by atoms with Crippen LogP contribution in [0.1, 0.15) is 35.3 Å². The van der Waals surface area contributed by atoms with Crippen LogP contribution in [0, 0.1) is 13.8 Å². The van der Waals surface area contributed by atoms with Crippen molar-refractivity contribution in [3.8, 4) is 0 Å². The van der Waals surface area contributed by atoms with Crippen molar-refractivity contribution in [3.63, 3.8) is 0 Å². The van der Waals surface area contributed by atoms with Crippen LogP contribution in [-0.4, -0.2) is 23.5 Å². The van der Waals surface area contributed by atoms with Gasteiger partial charge in [0.1, 0.15) is 0 Å². The molecule has 0 spiro atoms. The minimum Gasteiger partial charge on any atom is -0.387 e. The molecule has 0 radical (unpaired) electrons. The van der Waals surface area contributed by atoms with Crippen molar-refractivity contribution >= 4 is 17.5 Å². The van der Waals surface area contributed by atoms with Crippen LogP contribution in [0.2, 0.25) is 0 Å². The molecule has 3 N–H and O–H groups in total. The van der Waals surface area contributed by atoms with Gasteiger partial charge in [-0.1, -0.05) is 42.8 Å². The van der Waals surface area contributed by atoms with Crippen molar-refractivity contribution in [1.29, 1.82) is 0 Å². The van der Waals surface area contributed by atoms with Crippen LogP contribution in [0.15, 0.2) is 42.5 Å². The predicted molar refractivity (Wildman–Crippen MR) is 98.3 cm³/mol. The van der Waals surface area contributed by atoms with Crippen LogP contribution in [0.3, 0.4) is 0 Å². The average Bonchev–Trinajstić information content (AvgIpc) is 2.60. The molecule has 2 aromatic rings. The van der Waals surface area contributed by atoms with Gasteiger partial charge in [-0.2, -0.15) is 0 Å². The first kappa shape index (κ1) is 18.7. The van der Waals surface area contributed by atoms with E-state index in [0.717, 1.165) is 23.1 Å². The van der Waals surface area contributed by atoms with Crippen molar-refractivity contribution < 1.29 is 14.7 Å². The normalized spacial score (nSPS) is 11.7. The second kappa shape index (κ2) is 8.44. The number of nitrogens with one attached hydrogen (secondary N) is 2. The van der Waals surface area contributed by atoms with E-state index in [-0.39, 0.29) is 6.54 Å². The van der Waals surface area contributed by atoms with Gasteiger partial charge in [0.15, 0.2) is 0 Å². The quantitative estimate of drug-likeness (QED) is 0.732. The highest BCUT2D eigenvalue weighted by Crippen LogP contribution is 2.16. The number of anilines is 1. The molecular formula is C20H24N2O3. The molecule has 0 bridgehead atoms. The third-order valence-corrected chi connectivity index (χ3v) is 4.08. The van der Waals surface area contributed by atoms with E-state index in [1.807, 2.05) is 51.1 Å². The molecule has 0 saturated heterocycles. The summed E-state index contributed by atoms with van der Waals surface area (Å²) in [6.45, 7) is 5.94. The molecule has 1 atom stereocenters. The standard InChI is InChI=1S/C20H24N2O3/c1-4-15-11-17(9-8-14(15)3)22-20(25)19(24)21-12-18(23)16-7-5-6-13(2)10-16/h5-11,18,23H,4,12H2,1-3H3,(H,21,24)(H,22,25). The first-order chi connectivity index (χ1) is 11.9. The van der Waals surface area contributed by atoms with E-state index >= 15 is 0 Å². The Balaban J connectivity index is 1.91. The maximum atomic E-state index is 12.0. The smallest absolute Gasteiger partial charge is 0.313 e.